The van der Waals surface area contributed by atoms with Crippen molar-refractivity contribution in [3.05, 3.63) is 30.1 Å². The van der Waals surface area contributed by atoms with Crippen molar-refractivity contribution in [2.75, 3.05) is 0 Å². The molecular weight excluding hydrogens is 218 g/mol. The van der Waals surface area contributed by atoms with Gasteiger partial charge in [-0.2, -0.15) is 0 Å². The van der Waals surface area contributed by atoms with Gasteiger partial charge < -0.3 is 0 Å². The quantitative estimate of drug-likeness (QED) is 0.730. The molecule has 0 spiro atoms. The first-order valence-corrected chi connectivity index (χ1v) is 7.83. The predicted molar refractivity (Wildman–Crippen MR) is 75.5 cm³/mol. The molecule has 1 heteroatoms. The van der Waals surface area contributed by atoms with E-state index < -0.39 is 0 Å². The summed E-state index contributed by atoms with van der Waals surface area (Å²) in [6, 6.07) is 4.51. The van der Waals surface area contributed by atoms with Crippen molar-refractivity contribution in [3.63, 3.8) is 0 Å². The summed E-state index contributed by atoms with van der Waals surface area (Å²) in [5.74, 6) is 2.79. The largest absolute Gasteiger partial charge is 0.265 e. The number of pyridine rings is 1. The van der Waals surface area contributed by atoms with Gasteiger partial charge in [-0.3, -0.25) is 4.98 Å². The van der Waals surface area contributed by atoms with Gasteiger partial charge in [-0.15, -0.1) is 0 Å². The zero-order valence-corrected chi connectivity index (χ0v) is 11.4. The first kappa shape index (κ1) is 12.2. The maximum atomic E-state index is 4.18. The second-order valence-electron chi connectivity index (χ2n) is 6.32. The van der Waals surface area contributed by atoms with Crippen LogP contribution in [0.25, 0.3) is 0 Å². The van der Waals surface area contributed by atoms with Gasteiger partial charge in [0.15, 0.2) is 0 Å². The van der Waals surface area contributed by atoms with Gasteiger partial charge in [-0.05, 0) is 54.7 Å². The van der Waals surface area contributed by atoms with Crippen LogP contribution >= 0.6 is 0 Å². The molecule has 1 unspecified atom stereocenters. The van der Waals surface area contributed by atoms with Crippen LogP contribution in [0.1, 0.15) is 69.3 Å². The Kier molecular flexibility index (Phi) is 3.97. The zero-order valence-electron chi connectivity index (χ0n) is 11.4. The van der Waals surface area contributed by atoms with E-state index in [-0.39, 0.29) is 0 Å². The molecule has 2 saturated carbocycles. The Bertz CT molecular complexity index is 349. The van der Waals surface area contributed by atoms with E-state index in [1.807, 2.05) is 12.4 Å². The molecule has 3 rings (SSSR count). The standard InChI is InChI=1S/C17H25N/c1-2-5-14(6-3-1)13-17(15-7-4-8-15)16-9-11-18-12-10-16/h9-12,14-15,17H,1-8,13H2. The molecule has 0 radical (unpaired) electrons. The van der Waals surface area contributed by atoms with Crippen molar-refractivity contribution in [1.29, 1.82) is 0 Å². The minimum Gasteiger partial charge on any atom is -0.265 e. The van der Waals surface area contributed by atoms with E-state index in [0.29, 0.717) is 0 Å². The highest BCUT2D eigenvalue weighted by atomic mass is 14.6. The Hall–Kier alpha value is -0.850. The average molecular weight is 243 g/mol. The van der Waals surface area contributed by atoms with Crippen LogP contribution in [0, 0.1) is 11.8 Å². The van der Waals surface area contributed by atoms with Crippen molar-refractivity contribution in [1.82, 2.24) is 4.98 Å². The summed E-state index contributed by atoms with van der Waals surface area (Å²) >= 11 is 0. The predicted octanol–water partition coefficient (Wildman–Crippen LogP) is 4.94. The number of hydrogen-bond donors (Lipinski definition) is 0. The molecule has 0 aliphatic heterocycles. The summed E-state index contributed by atoms with van der Waals surface area (Å²) in [6.07, 6.45) is 17.1. The Balaban J connectivity index is 1.69. The summed E-state index contributed by atoms with van der Waals surface area (Å²) in [5, 5.41) is 0. The first-order chi connectivity index (χ1) is 8.93. The van der Waals surface area contributed by atoms with Gasteiger partial charge in [-0.1, -0.05) is 38.5 Å². The molecule has 2 aliphatic carbocycles. The molecule has 1 heterocycles. The molecule has 1 nitrogen and oxygen atoms in total. The van der Waals surface area contributed by atoms with E-state index >= 15 is 0 Å². The van der Waals surface area contributed by atoms with Gasteiger partial charge in [0.25, 0.3) is 0 Å². The highest BCUT2D eigenvalue weighted by Gasteiger charge is 2.30. The third kappa shape index (κ3) is 2.76. The van der Waals surface area contributed by atoms with Crippen molar-refractivity contribution in [2.45, 2.75) is 63.7 Å². The smallest absolute Gasteiger partial charge is 0.0270 e. The van der Waals surface area contributed by atoms with Gasteiger partial charge in [-0.25, -0.2) is 0 Å². The summed E-state index contributed by atoms with van der Waals surface area (Å²) in [6.45, 7) is 0. The molecule has 18 heavy (non-hydrogen) atoms. The zero-order chi connectivity index (χ0) is 12.2. The number of hydrogen-bond acceptors (Lipinski definition) is 1. The lowest BCUT2D eigenvalue weighted by Crippen LogP contribution is -2.23. The fraction of sp³-hybridized carbons (Fsp3) is 0.706. The third-order valence-corrected chi connectivity index (χ3v) is 5.17. The fourth-order valence-corrected chi connectivity index (χ4v) is 3.84. The van der Waals surface area contributed by atoms with E-state index in [9.17, 15) is 0 Å². The van der Waals surface area contributed by atoms with Gasteiger partial charge in [0.05, 0.1) is 0 Å². The summed E-state index contributed by atoms with van der Waals surface area (Å²) in [4.78, 5) is 4.18. The van der Waals surface area contributed by atoms with Crippen LogP contribution in [-0.2, 0) is 0 Å². The van der Waals surface area contributed by atoms with Gasteiger partial charge >= 0.3 is 0 Å². The molecule has 2 fully saturated rings. The molecule has 98 valence electrons. The summed E-state index contributed by atoms with van der Waals surface area (Å²) < 4.78 is 0. The van der Waals surface area contributed by atoms with Crippen LogP contribution in [0.3, 0.4) is 0 Å². The lowest BCUT2D eigenvalue weighted by Gasteiger charge is -2.37. The van der Waals surface area contributed by atoms with Gasteiger partial charge in [0, 0.05) is 12.4 Å². The van der Waals surface area contributed by atoms with Crippen LogP contribution in [0.4, 0.5) is 0 Å². The van der Waals surface area contributed by atoms with Crippen LogP contribution in [0.15, 0.2) is 24.5 Å². The minimum atomic E-state index is 0.824. The van der Waals surface area contributed by atoms with Gasteiger partial charge in [0.1, 0.15) is 0 Å². The Labute approximate surface area is 111 Å². The molecule has 0 aromatic carbocycles. The lowest BCUT2D eigenvalue weighted by atomic mass is 9.68. The summed E-state index contributed by atoms with van der Waals surface area (Å²) in [7, 11) is 0. The molecule has 0 N–H and O–H groups in total. The van der Waals surface area contributed by atoms with Crippen molar-refractivity contribution < 1.29 is 0 Å². The van der Waals surface area contributed by atoms with Crippen LogP contribution in [-0.4, -0.2) is 4.98 Å². The maximum Gasteiger partial charge on any atom is 0.0270 e. The van der Waals surface area contributed by atoms with Crippen molar-refractivity contribution in [3.8, 4) is 0 Å². The minimum absolute atomic E-state index is 0.824. The number of aromatic nitrogens is 1. The monoisotopic (exact) mass is 243 g/mol. The topological polar surface area (TPSA) is 12.9 Å². The van der Waals surface area contributed by atoms with Crippen LogP contribution < -0.4 is 0 Å². The van der Waals surface area contributed by atoms with E-state index in [1.54, 1.807) is 5.56 Å². The Morgan fingerprint density at radius 2 is 1.67 bits per heavy atom. The highest BCUT2D eigenvalue weighted by molar-refractivity contribution is 5.18. The Morgan fingerprint density at radius 1 is 0.944 bits per heavy atom. The molecule has 0 bridgehead atoms. The number of rotatable bonds is 4. The second-order valence-corrected chi connectivity index (χ2v) is 6.32. The van der Waals surface area contributed by atoms with Gasteiger partial charge in [0.2, 0.25) is 0 Å². The van der Waals surface area contributed by atoms with E-state index in [1.165, 1.54) is 57.8 Å². The lowest BCUT2D eigenvalue weighted by molar-refractivity contribution is 0.211. The fourth-order valence-electron chi connectivity index (χ4n) is 3.84. The Morgan fingerprint density at radius 3 is 2.28 bits per heavy atom. The average Bonchev–Trinajstić information content (AvgIpc) is 2.38. The SMILES string of the molecule is c1cc(C(CC2CCCCC2)C2CCC2)ccn1. The first-order valence-electron chi connectivity index (χ1n) is 7.83. The maximum absolute atomic E-state index is 4.18. The second kappa shape index (κ2) is 5.86. The van der Waals surface area contributed by atoms with E-state index in [2.05, 4.69) is 17.1 Å². The molecule has 1 aromatic heterocycles. The van der Waals surface area contributed by atoms with Crippen molar-refractivity contribution >= 4 is 0 Å². The molecule has 2 aliphatic rings. The molecule has 0 amide bonds. The molecule has 0 saturated heterocycles. The normalized spacial score (nSPS) is 23.6. The highest BCUT2D eigenvalue weighted by Crippen LogP contribution is 2.44. The molecule has 1 aromatic rings. The third-order valence-electron chi connectivity index (χ3n) is 5.17. The summed E-state index contributed by atoms with van der Waals surface area (Å²) in [5.41, 5.74) is 1.56. The van der Waals surface area contributed by atoms with E-state index in [0.717, 1.165) is 17.8 Å². The number of nitrogens with zero attached hydrogens (tertiary/aromatic N) is 1. The molecular formula is C17H25N. The van der Waals surface area contributed by atoms with Crippen LogP contribution in [0.2, 0.25) is 0 Å². The van der Waals surface area contributed by atoms with Crippen molar-refractivity contribution in [2.24, 2.45) is 11.8 Å². The van der Waals surface area contributed by atoms with E-state index in [4.69, 9.17) is 0 Å². The molecule has 1 atom stereocenters. The van der Waals surface area contributed by atoms with Crippen LogP contribution in [0.5, 0.6) is 0 Å².